The molecule has 0 spiro atoms. The molecular formula is C70H55F5N10O14S3. The third-order valence-corrected chi connectivity index (χ3v) is 17.7. The Morgan fingerprint density at radius 3 is 1.18 bits per heavy atom. The minimum absolute atomic E-state index is 0.0204. The van der Waals surface area contributed by atoms with Crippen LogP contribution in [0.3, 0.4) is 0 Å². The van der Waals surface area contributed by atoms with Crippen molar-refractivity contribution in [1.82, 2.24) is 34.6 Å². The first kappa shape index (κ1) is 72.6. The molecule has 522 valence electrons. The number of hydrogen-bond acceptors (Lipinski definition) is 20. The molecule has 0 unspecified atom stereocenters. The molecule has 9 aromatic carbocycles. The van der Waals surface area contributed by atoms with E-state index in [4.69, 9.17) is 18.9 Å². The van der Waals surface area contributed by atoms with Crippen LogP contribution < -0.4 is 44.4 Å². The Balaban J connectivity index is 0.000000165. The fourth-order valence-electron chi connectivity index (χ4n) is 9.19. The molecule has 3 aromatic heterocycles. The highest BCUT2D eigenvalue weighted by molar-refractivity contribution is 7.91. The number of ether oxygens (including phenoxy) is 5. The summed E-state index contributed by atoms with van der Waals surface area (Å²) in [7, 11) is -8.01. The number of fused-ring (bicyclic) bond motifs is 3. The van der Waals surface area contributed by atoms with Crippen LogP contribution in [0.2, 0.25) is 0 Å². The third kappa shape index (κ3) is 18.8. The van der Waals surface area contributed by atoms with Crippen LogP contribution in [0.15, 0.2) is 221 Å². The van der Waals surface area contributed by atoms with Gasteiger partial charge in [-0.3, -0.25) is 14.4 Å². The number of amides is 3. The number of carbonyl (C=O) groups is 3. The van der Waals surface area contributed by atoms with Crippen molar-refractivity contribution in [3.8, 4) is 46.4 Å². The zero-order chi connectivity index (χ0) is 73.1. The molecule has 0 atom stereocenters. The van der Waals surface area contributed by atoms with Crippen LogP contribution in [0, 0.1) is 18.6 Å². The van der Waals surface area contributed by atoms with Crippen molar-refractivity contribution in [2.75, 3.05) is 49.2 Å². The second-order valence-electron chi connectivity index (χ2n) is 21.7. The average Bonchev–Trinajstić information content (AvgIpc) is 0.802. The Hall–Kier alpha value is -12.1. The van der Waals surface area contributed by atoms with E-state index in [9.17, 15) is 61.6 Å². The summed E-state index contributed by atoms with van der Waals surface area (Å²) in [6.45, 7) is 0.234. The highest BCUT2D eigenvalue weighted by Crippen LogP contribution is 2.35. The zero-order valence-electron chi connectivity index (χ0n) is 53.9. The van der Waals surface area contributed by atoms with Crippen molar-refractivity contribution in [2.24, 2.45) is 0 Å². The van der Waals surface area contributed by atoms with E-state index in [1.807, 2.05) is 0 Å². The van der Waals surface area contributed by atoms with E-state index in [-0.39, 0.29) is 89.5 Å². The summed E-state index contributed by atoms with van der Waals surface area (Å²) in [4.78, 5) is 65.7. The molecule has 0 aliphatic heterocycles. The maximum atomic E-state index is 13.6. The number of nitrogens with zero attached hydrogens (tertiary/aromatic N) is 6. The van der Waals surface area contributed by atoms with E-state index in [1.54, 1.807) is 85.8 Å². The van der Waals surface area contributed by atoms with Gasteiger partial charge in [0.05, 0.1) is 54.9 Å². The van der Waals surface area contributed by atoms with Crippen LogP contribution in [-0.4, -0.2) is 112 Å². The molecule has 102 heavy (non-hydrogen) atoms. The lowest BCUT2D eigenvalue weighted by Gasteiger charge is -2.13. The number of para-hydroxylation sites is 6. The SMILES string of the molecule is CNS(=O)(=O)c1cccc(NC(=O)c2nc3ccccc3nc2Oc2ccc(F)cc2OC)c1.CS(=O)(=O)c1cccc(NC(=O)c2nc3ccccc3nc2Oc2ccc(OCC(F)(F)F)cc2)c1.Cc1cc(F)ccc1Oc1nc2ccccc2nc1C(=O)Nc1cccc(S(C)(=O)=O)c1. The van der Waals surface area contributed by atoms with Crippen LogP contribution in [0.4, 0.5) is 39.0 Å². The minimum Gasteiger partial charge on any atom is -0.493 e. The summed E-state index contributed by atoms with van der Waals surface area (Å²) in [6.07, 6.45) is -2.34. The molecule has 0 saturated heterocycles. The molecule has 4 N–H and O–H groups in total. The van der Waals surface area contributed by atoms with E-state index in [0.717, 1.165) is 18.6 Å². The molecule has 0 radical (unpaired) electrons. The summed E-state index contributed by atoms with van der Waals surface area (Å²) in [5.74, 6) is -2.62. The van der Waals surface area contributed by atoms with Gasteiger partial charge in [-0.25, -0.2) is 68.7 Å². The molecule has 0 aliphatic rings. The number of sulfonamides is 1. The summed E-state index contributed by atoms with van der Waals surface area (Å²) in [5.41, 5.74) is 3.54. The van der Waals surface area contributed by atoms with Gasteiger partial charge >= 0.3 is 6.18 Å². The Bertz CT molecular complexity index is 5550. The van der Waals surface area contributed by atoms with Gasteiger partial charge in [0.15, 0.2) is 54.9 Å². The molecule has 3 heterocycles. The van der Waals surface area contributed by atoms with Crippen molar-refractivity contribution >= 4 is 97.6 Å². The molecule has 3 amide bonds. The van der Waals surface area contributed by atoms with Crippen LogP contribution in [0.1, 0.15) is 37.0 Å². The number of anilines is 3. The van der Waals surface area contributed by atoms with Gasteiger partial charge in [0, 0.05) is 35.6 Å². The van der Waals surface area contributed by atoms with Crippen molar-refractivity contribution in [1.29, 1.82) is 0 Å². The minimum atomic E-state index is -4.47. The lowest BCUT2D eigenvalue weighted by molar-refractivity contribution is -0.153. The largest absolute Gasteiger partial charge is 0.493 e. The number of rotatable bonds is 19. The van der Waals surface area contributed by atoms with Crippen LogP contribution in [0.25, 0.3) is 33.1 Å². The van der Waals surface area contributed by atoms with Crippen molar-refractivity contribution in [2.45, 2.75) is 27.8 Å². The molecule has 0 saturated carbocycles. The highest BCUT2D eigenvalue weighted by Gasteiger charge is 2.29. The van der Waals surface area contributed by atoms with E-state index in [1.165, 1.54) is 135 Å². The second-order valence-corrected chi connectivity index (χ2v) is 27.6. The maximum absolute atomic E-state index is 13.6. The topological polar surface area (TPSA) is 325 Å². The Kier molecular flexibility index (Phi) is 22.0. The van der Waals surface area contributed by atoms with Crippen LogP contribution in [-0.2, 0) is 29.7 Å². The number of alkyl halides is 3. The first-order chi connectivity index (χ1) is 48.5. The van der Waals surface area contributed by atoms with Gasteiger partial charge in [0.25, 0.3) is 35.4 Å². The van der Waals surface area contributed by atoms with Crippen molar-refractivity contribution in [3.63, 3.8) is 0 Å². The number of aryl methyl sites for hydroxylation is 1. The number of sulfone groups is 2. The zero-order valence-corrected chi connectivity index (χ0v) is 56.3. The molecule has 24 nitrogen and oxygen atoms in total. The van der Waals surface area contributed by atoms with Gasteiger partial charge in [-0.05, 0) is 165 Å². The number of hydrogen-bond donors (Lipinski definition) is 4. The number of benzene rings is 9. The predicted octanol–water partition coefficient (Wildman–Crippen LogP) is 13.3. The maximum Gasteiger partial charge on any atom is 0.422 e. The number of aromatic nitrogens is 6. The Labute approximate surface area is 578 Å². The van der Waals surface area contributed by atoms with E-state index < -0.39 is 71.8 Å². The fraction of sp³-hybridized carbons (Fsp3) is 0.100. The second kappa shape index (κ2) is 31.0. The number of carbonyl (C=O) groups excluding carboxylic acids is 3. The summed E-state index contributed by atoms with van der Waals surface area (Å²) in [6, 6.07) is 50.9. The van der Waals surface area contributed by atoms with Gasteiger partial charge in [-0.15, -0.1) is 0 Å². The first-order valence-corrected chi connectivity index (χ1v) is 35.1. The molecule has 0 bridgehead atoms. The fourth-order valence-corrected chi connectivity index (χ4v) is 11.3. The average molecular weight is 1450 g/mol. The number of nitrogens with one attached hydrogen (secondary N) is 4. The molecule has 12 rings (SSSR count). The Morgan fingerprint density at radius 2 is 0.784 bits per heavy atom. The summed E-state index contributed by atoms with van der Waals surface area (Å²) in [5, 5.41) is 7.85. The quantitative estimate of drug-likeness (QED) is 0.0546. The van der Waals surface area contributed by atoms with E-state index in [0.29, 0.717) is 44.4 Å². The smallest absolute Gasteiger partial charge is 0.422 e. The van der Waals surface area contributed by atoms with Crippen molar-refractivity contribution in [3.05, 3.63) is 241 Å². The number of halogens is 5. The van der Waals surface area contributed by atoms with Crippen LogP contribution >= 0.6 is 0 Å². The molecular weight excluding hydrogens is 1400 g/mol. The van der Waals surface area contributed by atoms with Crippen LogP contribution in [0.5, 0.6) is 46.4 Å². The van der Waals surface area contributed by atoms with E-state index in [2.05, 4.69) is 55.3 Å². The Morgan fingerprint density at radius 1 is 0.422 bits per heavy atom. The molecule has 0 aliphatic carbocycles. The molecule has 32 heteroatoms. The monoisotopic (exact) mass is 1450 g/mol. The van der Waals surface area contributed by atoms with Gasteiger partial charge in [0.1, 0.15) is 28.9 Å². The van der Waals surface area contributed by atoms with Gasteiger partial charge < -0.3 is 39.6 Å². The summed E-state index contributed by atoms with van der Waals surface area (Å²) >= 11 is 0. The third-order valence-electron chi connectivity index (χ3n) is 14.1. The van der Waals surface area contributed by atoms with Crippen molar-refractivity contribution < 1.29 is 85.3 Å². The standard InChI is InChI=1S/C24H18F3N3O5S.C23H19FN4O5S.C23H18FN3O4S/c1-36(32,33)18-6-4-5-15(13-18)28-22(31)21-23(30-20-8-3-2-7-19(20)29-21)35-17-11-9-16(10-12-17)34-14-24(25,26)27;1-25-34(30,31)16-7-5-6-15(13-16)26-22(29)21-23(28-18-9-4-3-8-17(18)27-21)33-19-11-10-14(24)12-20(19)32-2;1-14-12-15(24)10-11-20(14)31-23-21(26-18-8-3-4-9-19(18)27-23)22(28)25-16-6-5-7-17(13-16)32(2,29)30/h2-13H,14H2,1H3,(H,28,31);3-13,25H,1-2H3,(H,26,29);3-13H,1-2H3,(H,25,28). The lowest BCUT2D eigenvalue weighted by Crippen LogP contribution is -2.19. The lowest BCUT2D eigenvalue weighted by atomic mass is 10.2. The first-order valence-electron chi connectivity index (χ1n) is 29.8. The number of methoxy groups -OCH3 is 1. The molecule has 12 aromatic rings. The predicted molar refractivity (Wildman–Crippen MR) is 367 cm³/mol. The van der Waals surface area contributed by atoms with Gasteiger partial charge in [-0.2, -0.15) is 13.2 Å². The molecule has 0 fully saturated rings. The van der Waals surface area contributed by atoms with E-state index >= 15 is 0 Å². The summed E-state index contributed by atoms with van der Waals surface area (Å²) < 4.78 is 165. The van der Waals surface area contributed by atoms with Gasteiger partial charge in [-0.1, -0.05) is 54.6 Å². The van der Waals surface area contributed by atoms with Gasteiger partial charge in [0.2, 0.25) is 10.0 Å². The highest BCUT2D eigenvalue weighted by atomic mass is 32.2. The normalized spacial score (nSPS) is 11.5.